The number of rotatable bonds is 5. The molecule has 1 aromatic carbocycles. The smallest absolute Gasteiger partial charge is 0.325 e. The minimum absolute atomic E-state index is 0.000123. The van der Waals surface area contributed by atoms with Crippen molar-refractivity contribution in [3.8, 4) is 0 Å². The maximum absolute atomic E-state index is 12.5. The van der Waals surface area contributed by atoms with Crippen molar-refractivity contribution in [3.05, 3.63) is 29.8 Å². The van der Waals surface area contributed by atoms with Gasteiger partial charge in [-0.1, -0.05) is 37.5 Å². The summed E-state index contributed by atoms with van der Waals surface area (Å²) < 4.78 is 5.07. The first kappa shape index (κ1) is 18.4. The summed E-state index contributed by atoms with van der Waals surface area (Å²) in [6, 6.07) is 7.80. The standard InChI is InChI=1S/C20H26N2O4/c1-14-11-16-9-5-6-10-17(16)22(14)18(23)13-26-19(24)12-21-20(25)15-7-3-2-4-8-15/h5-6,9-10,14-15H,2-4,7-8,11-13H2,1H3,(H,21,25). The van der Waals surface area contributed by atoms with Crippen LogP contribution < -0.4 is 10.2 Å². The monoisotopic (exact) mass is 358 g/mol. The molecule has 0 bridgehead atoms. The van der Waals surface area contributed by atoms with Crippen LogP contribution in [-0.4, -0.2) is 37.0 Å². The number of anilines is 1. The van der Waals surface area contributed by atoms with E-state index in [0.29, 0.717) is 0 Å². The first-order valence-electron chi connectivity index (χ1n) is 9.39. The Labute approximate surface area is 153 Å². The number of hydrogen-bond donors (Lipinski definition) is 1. The first-order valence-corrected chi connectivity index (χ1v) is 9.39. The second-order valence-corrected chi connectivity index (χ2v) is 7.16. The average Bonchev–Trinajstić information content (AvgIpc) is 3.00. The zero-order valence-corrected chi connectivity index (χ0v) is 15.2. The van der Waals surface area contributed by atoms with Crippen LogP contribution in [0.25, 0.3) is 0 Å². The molecule has 2 amide bonds. The van der Waals surface area contributed by atoms with Gasteiger partial charge in [0.1, 0.15) is 6.54 Å². The van der Waals surface area contributed by atoms with Crippen molar-refractivity contribution in [2.24, 2.45) is 5.92 Å². The molecule has 1 aromatic rings. The Morgan fingerprint density at radius 2 is 1.88 bits per heavy atom. The maximum Gasteiger partial charge on any atom is 0.325 e. The van der Waals surface area contributed by atoms with E-state index >= 15 is 0 Å². The van der Waals surface area contributed by atoms with Gasteiger partial charge < -0.3 is 15.0 Å². The first-order chi connectivity index (χ1) is 12.6. The summed E-state index contributed by atoms with van der Waals surface area (Å²) in [5, 5.41) is 2.63. The number of fused-ring (bicyclic) bond motifs is 1. The topological polar surface area (TPSA) is 75.7 Å². The minimum atomic E-state index is -0.581. The molecule has 140 valence electrons. The number of ether oxygens (including phenoxy) is 1. The molecule has 1 aliphatic carbocycles. The molecule has 1 aliphatic heterocycles. The van der Waals surface area contributed by atoms with E-state index in [9.17, 15) is 14.4 Å². The number of benzene rings is 1. The average molecular weight is 358 g/mol. The van der Waals surface area contributed by atoms with Gasteiger partial charge in [0.15, 0.2) is 6.61 Å². The Hall–Kier alpha value is -2.37. The normalized spacial score (nSPS) is 19.7. The molecule has 0 spiro atoms. The van der Waals surface area contributed by atoms with Crippen LogP contribution in [0.1, 0.15) is 44.6 Å². The predicted molar refractivity (Wildman–Crippen MR) is 97.6 cm³/mol. The van der Waals surface area contributed by atoms with Gasteiger partial charge in [-0.05, 0) is 37.8 Å². The van der Waals surface area contributed by atoms with Crippen LogP contribution in [0.15, 0.2) is 24.3 Å². The highest BCUT2D eigenvalue weighted by molar-refractivity contribution is 5.98. The number of carbonyl (C=O) groups is 3. The summed E-state index contributed by atoms with van der Waals surface area (Å²) in [6.45, 7) is 1.48. The van der Waals surface area contributed by atoms with Crippen molar-refractivity contribution in [2.75, 3.05) is 18.1 Å². The van der Waals surface area contributed by atoms with Gasteiger partial charge in [-0.25, -0.2) is 0 Å². The van der Waals surface area contributed by atoms with Gasteiger partial charge in [-0.3, -0.25) is 14.4 Å². The van der Waals surface area contributed by atoms with Crippen molar-refractivity contribution < 1.29 is 19.1 Å². The zero-order chi connectivity index (χ0) is 18.5. The highest BCUT2D eigenvalue weighted by atomic mass is 16.5. The van der Waals surface area contributed by atoms with Gasteiger partial charge in [-0.2, -0.15) is 0 Å². The zero-order valence-electron chi connectivity index (χ0n) is 15.2. The van der Waals surface area contributed by atoms with Crippen molar-refractivity contribution in [2.45, 2.75) is 51.5 Å². The van der Waals surface area contributed by atoms with Crippen LogP contribution in [0.5, 0.6) is 0 Å². The SMILES string of the molecule is CC1Cc2ccccc2N1C(=O)COC(=O)CNC(=O)C1CCCCC1. The van der Waals surface area contributed by atoms with Crippen LogP contribution in [0.3, 0.4) is 0 Å². The second kappa shape index (κ2) is 8.34. The van der Waals surface area contributed by atoms with Crippen LogP contribution in [0.2, 0.25) is 0 Å². The van der Waals surface area contributed by atoms with Crippen molar-refractivity contribution in [1.82, 2.24) is 5.32 Å². The number of nitrogens with zero attached hydrogens (tertiary/aromatic N) is 1. The molecule has 0 aromatic heterocycles. The molecule has 1 N–H and O–H groups in total. The van der Waals surface area contributed by atoms with E-state index in [-0.39, 0.29) is 36.9 Å². The lowest BCUT2D eigenvalue weighted by molar-refractivity contribution is -0.148. The summed E-state index contributed by atoms with van der Waals surface area (Å²) in [5.74, 6) is -0.910. The fourth-order valence-corrected chi connectivity index (χ4v) is 3.88. The lowest BCUT2D eigenvalue weighted by atomic mass is 9.89. The number of hydrogen-bond acceptors (Lipinski definition) is 4. The molecule has 1 saturated carbocycles. The summed E-state index contributed by atoms with van der Waals surface area (Å²) in [5.41, 5.74) is 2.01. The molecule has 2 aliphatic rings. The summed E-state index contributed by atoms with van der Waals surface area (Å²) in [7, 11) is 0. The van der Waals surface area contributed by atoms with Crippen molar-refractivity contribution in [1.29, 1.82) is 0 Å². The molecule has 0 radical (unpaired) electrons. The Kier molecular flexibility index (Phi) is 5.91. The predicted octanol–water partition coefficient (Wildman–Crippen LogP) is 2.20. The molecule has 0 saturated heterocycles. The van der Waals surface area contributed by atoms with Crippen molar-refractivity contribution >= 4 is 23.5 Å². The fourth-order valence-electron chi connectivity index (χ4n) is 3.88. The van der Waals surface area contributed by atoms with Crippen molar-refractivity contribution in [3.63, 3.8) is 0 Å². The lowest BCUT2D eigenvalue weighted by Crippen LogP contribution is -2.40. The molecule has 1 fully saturated rings. The van der Waals surface area contributed by atoms with Crippen LogP contribution in [0, 0.1) is 5.92 Å². The van der Waals surface area contributed by atoms with E-state index in [1.165, 1.54) is 6.42 Å². The third kappa shape index (κ3) is 4.23. The van der Waals surface area contributed by atoms with Crippen LogP contribution >= 0.6 is 0 Å². The van der Waals surface area contributed by atoms with E-state index in [4.69, 9.17) is 4.74 Å². The van der Waals surface area contributed by atoms with E-state index in [2.05, 4.69) is 5.32 Å². The summed E-state index contributed by atoms with van der Waals surface area (Å²) in [4.78, 5) is 38.1. The minimum Gasteiger partial charge on any atom is -0.454 e. The maximum atomic E-state index is 12.5. The van der Waals surface area contributed by atoms with Gasteiger partial charge in [0.05, 0.1) is 0 Å². The third-order valence-corrected chi connectivity index (χ3v) is 5.22. The molecule has 1 atom stereocenters. The molecule has 6 nitrogen and oxygen atoms in total. The largest absolute Gasteiger partial charge is 0.454 e. The molecule has 6 heteroatoms. The highest BCUT2D eigenvalue weighted by Crippen LogP contribution is 2.31. The molecule has 3 rings (SSSR count). The number of amides is 2. The number of nitrogens with one attached hydrogen (secondary N) is 1. The molecule has 1 unspecified atom stereocenters. The fraction of sp³-hybridized carbons (Fsp3) is 0.550. The van der Waals surface area contributed by atoms with Gasteiger partial charge >= 0.3 is 5.97 Å². The Morgan fingerprint density at radius 3 is 2.65 bits per heavy atom. The molecular weight excluding hydrogens is 332 g/mol. The van der Waals surface area contributed by atoms with Crippen LogP contribution in [0.4, 0.5) is 5.69 Å². The number of esters is 1. The van der Waals surface area contributed by atoms with E-state index in [0.717, 1.165) is 43.4 Å². The van der Waals surface area contributed by atoms with Gasteiger partial charge in [0.2, 0.25) is 5.91 Å². The quantitative estimate of drug-likeness (QED) is 0.819. The molecule has 1 heterocycles. The summed E-state index contributed by atoms with van der Waals surface area (Å²) >= 11 is 0. The highest BCUT2D eigenvalue weighted by Gasteiger charge is 2.31. The Bertz CT molecular complexity index is 682. The third-order valence-electron chi connectivity index (χ3n) is 5.22. The summed E-state index contributed by atoms with van der Waals surface area (Å²) in [6.07, 6.45) is 5.86. The van der Waals surface area contributed by atoms with Gasteiger partial charge in [0.25, 0.3) is 5.91 Å². The Balaban J connectivity index is 1.44. The molecule has 26 heavy (non-hydrogen) atoms. The van der Waals surface area contributed by atoms with E-state index in [1.807, 2.05) is 31.2 Å². The van der Waals surface area contributed by atoms with Gasteiger partial charge in [0, 0.05) is 17.6 Å². The van der Waals surface area contributed by atoms with Crippen LogP contribution in [-0.2, 0) is 25.5 Å². The Morgan fingerprint density at radius 1 is 1.15 bits per heavy atom. The lowest BCUT2D eigenvalue weighted by Gasteiger charge is -2.22. The number of para-hydroxylation sites is 1. The second-order valence-electron chi connectivity index (χ2n) is 7.16. The molecular formula is C20H26N2O4. The van der Waals surface area contributed by atoms with Gasteiger partial charge in [-0.15, -0.1) is 0 Å². The van der Waals surface area contributed by atoms with E-state index < -0.39 is 5.97 Å². The van der Waals surface area contributed by atoms with E-state index in [1.54, 1.807) is 4.90 Å². The number of carbonyl (C=O) groups excluding carboxylic acids is 3.